The highest BCUT2D eigenvalue weighted by atomic mass is 79.9. The normalized spacial score (nSPS) is 14.6. The van der Waals surface area contributed by atoms with Crippen molar-refractivity contribution < 1.29 is 9.84 Å². The van der Waals surface area contributed by atoms with E-state index in [2.05, 4.69) is 21.2 Å². The van der Waals surface area contributed by atoms with Crippen molar-refractivity contribution in [3.05, 3.63) is 34.3 Å². The van der Waals surface area contributed by atoms with Crippen LogP contribution in [0, 0.1) is 0 Å². The summed E-state index contributed by atoms with van der Waals surface area (Å²) in [5, 5.41) is 13.4. The molecular formula is C13H20BrNO2. The van der Waals surface area contributed by atoms with Gasteiger partial charge in [0.05, 0.1) is 12.2 Å². The van der Waals surface area contributed by atoms with Gasteiger partial charge >= 0.3 is 0 Å². The van der Waals surface area contributed by atoms with Gasteiger partial charge in [-0.2, -0.15) is 0 Å². The molecule has 0 heterocycles. The molecule has 1 unspecified atom stereocenters. The number of hydrogen-bond acceptors (Lipinski definition) is 3. The van der Waals surface area contributed by atoms with Crippen LogP contribution in [0.2, 0.25) is 0 Å². The molecule has 0 aliphatic rings. The van der Waals surface area contributed by atoms with Crippen molar-refractivity contribution in [2.45, 2.75) is 18.9 Å². The third kappa shape index (κ3) is 6.17. The Labute approximate surface area is 111 Å². The summed E-state index contributed by atoms with van der Waals surface area (Å²) in [6.45, 7) is 3.81. The molecule has 0 fully saturated rings. The van der Waals surface area contributed by atoms with Gasteiger partial charge in [0.1, 0.15) is 0 Å². The lowest BCUT2D eigenvalue weighted by Crippen LogP contribution is -2.40. The fourth-order valence-electron chi connectivity index (χ4n) is 1.68. The van der Waals surface area contributed by atoms with Gasteiger partial charge in [-0.05, 0) is 24.6 Å². The molecule has 2 N–H and O–H groups in total. The van der Waals surface area contributed by atoms with Crippen LogP contribution in [-0.2, 0) is 11.2 Å². The molecule has 4 heteroatoms. The standard InChI is InChI=1S/C13H20BrNO2/c1-13(16,10-15-6-7-17-2)9-11-4-3-5-12(14)8-11/h3-5,8,15-16H,6-7,9-10H2,1-2H3. The minimum atomic E-state index is -0.742. The topological polar surface area (TPSA) is 41.5 Å². The summed E-state index contributed by atoms with van der Waals surface area (Å²) in [5.41, 5.74) is 0.382. The Morgan fingerprint density at radius 2 is 2.24 bits per heavy atom. The minimum absolute atomic E-state index is 0.558. The van der Waals surface area contributed by atoms with E-state index in [0.717, 1.165) is 16.6 Å². The van der Waals surface area contributed by atoms with E-state index in [1.165, 1.54) is 0 Å². The maximum absolute atomic E-state index is 10.2. The largest absolute Gasteiger partial charge is 0.389 e. The SMILES string of the molecule is COCCNCC(C)(O)Cc1cccc(Br)c1. The van der Waals surface area contributed by atoms with Crippen molar-refractivity contribution in [3.63, 3.8) is 0 Å². The van der Waals surface area contributed by atoms with E-state index in [9.17, 15) is 5.11 Å². The molecule has 17 heavy (non-hydrogen) atoms. The van der Waals surface area contributed by atoms with Crippen molar-refractivity contribution in [2.75, 3.05) is 26.8 Å². The smallest absolute Gasteiger partial charge is 0.0783 e. The zero-order valence-electron chi connectivity index (χ0n) is 10.4. The first-order valence-corrected chi connectivity index (χ1v) is 6.49. The molecule has 0 amide bonds. The Morgan fingerprint density at radius 1 is 1.47 bits per heavy atom. The van der Waals surface area contributed by atoms with Gasteiger partial charge in [-0.1, -0.05) is 28.1 Å². The summed E-state index contributed by atoms with van der Waals surface area (Å²) in [6, 6.07) is 8.01. The van der Waals surface area contributed by atoms with E-state index >= 15 is 0 Å². The fourth-order valence-corrected chi connectivity index (χ4v) is 2.13. The molecule has 96 valence electrons. The van der Waals surface area contributed by atoms with Crippen LogP contribution in [0.25, 0.3) is 0 Å². The van der Waals surface area contributed by atoms with Crippen molar-refractivity contribution >= 4 is 15.9 Å². The average molecular weight is 302 g/mol. The fraction of sp³-hybridized carbons (Fsp3) is 0.538. The van der Waals surface area contributed by atoms with Crippen LogP contribution < -0.4 is 5.32 Å². The summed E-state index contributed by atoms with van der Waals surface area (Å²) >= 11 is 3.43. The zero-order chi connectivity index (χ0) is 12.7. The van der Waals surface area contributed by atoms with Gasteiger partial charge < -0.3 is 15.2 Å². The summed E-state index contributed by atoms with van der Waals surface area (Å²) in [7, 11) is 1.67. The van der Waals surface area contributed by atoms with Crippen LogP contribution in [0.5, 0.6) is 0 Å². The predicted octanol–water partition coefficient (Wildman–Crippen LogP) is 1.98. The Morgan fingerprint density at radius 3 is 2.88 bits per heavy atom. The first-order chi connectivity index (χ1) is 8.03. The number of aliphatic hydroxyl groups is 1. The second-order valence-corrected chi connectivity index (χ2v) is 5.39. The van der Waals surface area contributed by atoms with E-state index in [-0.39, 0.29) is 0 Å². The summed E-state index contributed by atoms with van der Waals surface area (Å²) in [4.78, 5) is 0. The Hall–Kier alpha value is -0.420. The second-order valence-electron chi connectivity index (χ2n) is 4.47. The van der Waals surface area contributed by atoms with Gasteiger partial charge in [0.15, 0.2) is 0 Å². The summed E-state index contributed by atoms with van der Waals surface area (Å²) in [6.07, 6.45) is 0.631. The van der Waals surface area contributed by atoms with Crippen LogP contribution in [0.4, 0.5) is 0 Å². The molecule has 0 aliphatic carbocycles. The Kier molecular flexibility index (Phi) is 6.12. The van der Waals surface area contributed by atoms with Crippen LogP contribution in [0.15, 0.2) is 28.7 Å². The monoisotopic (exact) mass is 301 g/mol. The van der Waals surface area contributed by atoms with Crippen LogP contribution in [0.3, 0.4) is 0 Å². The van der Waals surface area contributed by atoms with Crippen LogP contribution in [-0.4, -0.2) is 37.5 Å². The number of rotatable bonds is 7. The van der Waals surface area contributed by atoms with Gasteiger partial charge in [0.25, 0.3) is 0 Å². The first-order valence-electron chi connectivity index (χ1n) is 5.70. The lowest BCUT2D eigenvalue weighted by atomic mass is 9.96. The summed E-state index contributed by atoms with van der Waals surface area (Å²) in [5.74, 6) is 0. The number of nitrogens with one attached hydrogen (secondary N) is 1. The zero-order valence-corrected chi connectivity index (χ0v) is 12.0. The number of methoxy groups -OCH3 is 1. The first kappa shape index (κ1) is 14.6. The van der Waals surface area contributed by atoms with Gasteiger partial charge in [-0.15, -0.1) is 0 Å². The maximum Gasteiger partial charge on any atom is 0.0783 e. The van der Waals surface area contributed by atoms with Crippen molar-refractivity contribution in [1.82, 2.24) is 5.32 Å². The number of halogens is 1. The molecule has 0 radical (unpaired) electrons. The highest BCUT2D eigenvalue weighted by molar-refractivity contribution is 9.10. The number of ether oxygens (including phenoxy) is 1. The lowest BCUT2D eigenvalue weighted by Gasteiger charge is -2.24. The third-order valence-electron chi connectivity index (χ3n) is 2.46. The molecule has 0 aromatic heterocycles. The quantitative estimate of drug-likeness (QED) is 0.757. The molecule has 0 spiro atoms. The van der Waals surface area contributed by atoms with Crippen molar-refractivity contribution in [2.24, 2.45) is 0 Å². The van der Waals surface area contributed by atoms with Gasteiger partial charge in [0.2, 0.25) is 0 Å². The van der Waals surface area contributed by atoms with Gasteiger partial charge in [-0.3, -0.25) is 0 Å². The third-order valence-corrected chi connectivity index (χ3v) is 2.96. The lowest BCUT2D eigenvalue weighted by molar-refractivity contribution is 0.0581. The highest BCUT2D eigenvalue weighted by Crippen LogP contribution is 2.17. The molecule has 1 rings (SSSR count). The summed E-state index contributed by atoms with van der Waals surface area (Å²) < 4.78 is 5.98. The van der Waals surface area contributed by atoms with E-state index in [1.807, 2.05) is 31.2 Å². The van der Waals surface area contributed by atoms with Gasteiger partial charge in [-0.25, -0.2) is 0 Å². The molecule has 0 aliphatic heterocycles. The number of hydrogen-bond donors (Lipinski definition) is 2. The molecular weight excluding hydrogens is 282 g/mol. The average Bonchev–Trinajstić information content (AvgIpc) is 2.24. The van der Waals surface area contributed by atoms with E-state index in [0.29, 0.717) is 19.6 Å². The predicted molar refractivity (Wildman–Crippen MR) is 73.2 cm³/mol. The molecule has 1 aromatic carbocycles. The maximum atomic E-state index is 10.2. The molecule has 0 saturated carbocycles. The van der Waals surface area contributed by atoms with Crippen molar-refractivity contribution in [3.8, 4) is 0 Å². The second kappa shape index (κ2) is 7.11. The van der Waals surface area contributed by atoms with E-state index in [4.69, 9.17) is 4.74 Å². The van der Waals surface area contributed by atoms with Crippen LogP contribution >= 0.6 is 15.9 Å². The highest BCUT2D eigenvalue weighted by Gasteiger charge is 2.20. The molecule has 1 aromatic rings. The van der Waals surface area contributed by atoms with E-state index in [1.54, 1.807) is 7.11 Å². The molecule has 0 saturated heterocycles. The van der Waals surface area contributed by atoms with Crippen molar-refractivity contribution in [1.29, 1.82) is 0 Å². The van der Waals surface area contributed by atoms with Crippen LogP contribution in [0.1, 0.15) is 12.5 Å². The van der Waals surface area contributed by atoms with Gasteiger partial charge in [0, 0.05) is 31.1 Å². The van der Waals surface area contributed by atoms with E-state index < -0.39 is 5.60 Å². The molecule has 1 atom stereocenters. The Balaban J connectivity index is 2.42. The minimum Gasteiger partial charge on any atom is -0.389 e. The Bertz CT molecular complexity index is 342. The molecule has 0 bridgehead atoms. The molecule has 3 nitrogen and oxygen atoms in total. The number of benzene rings is 1.